The van der Waals surface area contributed by atoms with E-state index in [9.17, 15) is 19.8 Å². The van der Waals surface area contributed by atoms with Gasteiger partial charge >= 0.3 is 19.5 Å². The van der Waals surface area contributed by atoms with Gasteiger partial charge in [0, 0.05) is 11.9 Å². The molecule has 0 saturated carbocycles. The minimum absolute atomic E-state index is 0. The summed E-state index contributed by atoms with van der Waals surface area (Å²) in [5.74, 6) is -0.107. The Bertz CT molecular complexity index is 424. The second-order valence-electron chi connectivity index (χ2n) is 11.7. The molecule has 0 aliphatic heterocycles. The van der Waals surface area contributed by atoms with Crippen LogP contribution in [-0.2, 0) is 29.1 Å². The van der Waals surface area contributed by atoms with Gasteiger partial charge in [-0.3, -0.25) is 0 Å². The van der Waals surface area contributed by atoms with Gasteiger partial charge in [0.2, 0.25) is 0 Å². The fourth-order valence-corrected chi connectivity index (χ4v) is 4.47. The molecule has 0 radical (unpaired) electrons. The third-order valence-electron chi connectivity index (χ3n) is 6.82. The summed E-state index contributed by atoms with van der Waals surface area (Å²) in [6, 6.07) is 0. The number of carbonyl (C=O) groups excluding carboxylic acids is 2. The van der Waals surface area contributed by atoms with Gasteiger partial charge in [0.15, 0.2) is 0 Å². The summed E-state index contributed by atoms with van der Waals surface area (Å²) in [6.45, 7) is 9.17. The molecule has 0 unspecified atom stereocenters. The number of unbranched alkanes of at least 4 members (excludes halogenated alkanes) is 18. The van der Waals surface area contributed by atoms with Crippen molar-refractivity contribution < 1.29 is 39.3 Å². The molecule has 0 aromatic rings. The van der Waals surface area contributed by atoms with Crippen LogP contribution in [0, 0.1) is 11.8 Å². The summed E-state index contributed by atoms with van der Waals surface area (Å²) in [4.78, 5) is 20.4. The smallest absolute Gasteiger partial charge is 0.550 e. The number of hydrogen-bond acceptors (Lipinski definition) is 4. The quantitative estimate of drug-likeness (QED) is 0.0769. The van der Waals surface area contributed by atoms with Gasteiger partial charge in [0.1, 0.15) is 0 Å². The summed E-state index contributed by atoms with van der Waals surface area (Å²) in [5, 5.41) is 20.4. The van der Waals surface area contributed by atoms with E-state index in [0.29, 0.717) is 0 Å². The molecule has 5 heteroatoms. The molecule has 0 amide bonds. The third kappa shape index (κ3) is 45.8. The number of hydrogen-bond donors (Lipinski definition) is 0. The number of carbonyl (C=O) groups is 2. The molecule has 0 rings (SSSR count). The van der Waals surface area contributed by atoms with Crippen LogP contribution in [0.3, 0.4) is 0 Å². The topological polar surface area (TPSA) is 80.3 Å². The van der Waals surface area contributed by atoms with Crippen molar-refractivity contribution in [3.63, 3.8) is 0 Å². The Labute approximate surface area is 244 Å². The molecule has 0 aromatic carbocycles. The van der Waals surface area contributed by atoms with Gasteiger partial charge in [-0.15, -0.1) is 0 Å². The molecule has 0 fully saturated rings. The molecule has 216 valence electrons. The average molecular weight is 576 g/mol. The molecule has 0 aliphatic carbocycles. The number of aliphatic carboxylic acids is 2. The summed E-state index contributed by atoms with van der Waals surface area (Å²) >= 11 is 0. The van der Waals surface area contributed by atoms with Crippen molar-refractivity contribution in [3.05, 3.63) is 0 Å². The van der Waals surface area contributed by atoms with Crippen LogP contribution in [0.4, 0.5) is 0 Å². The summed E-state index contributed by atoms with van der Waals surface area (Å²) in [5.41, 5.74) is 0. The first-order valence-corrected chi connectivity index (χ1v) is 15.6. The van der Waals surface area contributed by atoms with Gasteiger partial charge < -0.3 is 19.8 Å². The number of carboxylic acid groups (broad SMARTS) is 2. The molecule has 0 N–H and O–H groups in total. The van der Waals surface area contributed by atoms with E-state index in [2.05, 4.69) is 27.7 Å². The van der Waals surface area contributed by atoms with Gasteiger partial charge in [-0.25, -0.2) is 0 Å². The Morgan fingerprint density at radius 1 is 0.405 bits per heavy atom. The average Bonchev–Trinajstić information content (AvgIpc) is 2.80. The van der Waals surface area contributed by atoms with E-state index in [0.717, 1.165) is 37.5 Å². The van der Waals surface area contributed by atoms with Crippen molar-refractivity contribution in [1.29, 1.82) is 0 Å². The molecule has 37 heavy (non-hydrogen) atoms. The van der Waals surface area contributed by atoms with E-state index < -0.39 is 11.9 Å². The third-order valence-corrected chi connectivity index (χ3v) is 6.82. The standard InChI is InChI=1S/2C16H32O2.Zn/c2*1-15(2)13-11-9-7-5-3-4-6-8-10-12-14-16(17)18;/h2*15H,3-14H2,1-2H3,(H,17,18);/q;;+2/p-2. The van der Waals surface area contributed by atoms with Gasteiger partial charge in [-0.1, -0.05) is 156 Å². The molecule has 0 aliphatic rings. The Balaban J connectivity index is -0.000000608. The van der Waals surface area contributed by atoms with Crippen LogP contribution >= 0.6 is 0 Å². The maximum Gasteiger partial charge on any atom is 2.00 e. The summed E-state index contributed by atoms with van der Waals surface area (Å²) in [7, 11) is 0. The van der Waals surface area contributed by atoms with Crippen molar-refractivity contribution >= 4 is 11.9 Å². The van der Waals surface area contributed by atoms with Crippen molar-refractivity contribution in [2.24, 2.45) is 11.8 Å². The van der Waals surface area contributed by atoms with E-state index in [1.165, 1.54) is 116 Å². The SMILES string of the molecule is CC(C)CCCCCCCCCCCCC(=O)[O-].CC(C)CCCCCCCCCCCCC(=O)[O-].[Zn+2]. The van der Waals surface area contributed by atoms with E-state index in [-0.39, 0.29) is 32.3 Å². The normalized spacial score (nSPS) is 10.8. The molecule has 4 nitrogen and oxygen atoms in total. The van der Waals surface area contributed by atoms with Crippen LogP contribution in [0.15, 0.2) is 0 Å². The Kier molecular flexibility index (Phi) is 37.3. The van der Waals surface area contributed by atoms with Gasteiger partial charge in [-0.2, -0.15) is 0 Å². The van der Waals surface area contributed by atoms with Gasteiger partial charge in [-0.05, 0) is 37.5 Å². The fraction of sp³-hybridized carbons (Fsp3) is 0.938. The van der Waals surface area contributed by atoms with Crippen LogP contribution in [0.2, 0.25) is 0 Å². The molecule has 0 atom stereocenters. The molecule has 0 heterocycles. The van der Waals surface area contributed by atoms with Crippen LogP contribution in [0.1, 0.15) is 182 Å². The van der Waals surface area contributed by atoms with E-state index in [1.807, 2.05) is 0 Å². The zero-order valence-corrected chi connectivity index (χ0v) is 28.4. The van der Waals surface area contributed by atoms with E-state index >= 15 is 0 Å². The second-order valence-corrected chi connectivity index (χ2v) is 11.7. The second kappa shape index (κ2) is 33.6. The predicted molar refractivity (Wildman–Crippen MR) is 150 cm³/mol. The Morgan fingerprint density at radius 3 is 0.784 bits per heavy atom. The zero-order chi connectivity index (χ0) is 27.3. The first-order chi connectivity index (χ1) is 17.3. The minimum atomic E-state index is -0.906. The van der Waals surface area contributed by atoms with Crippen molar-refractivity contribution in [2.75, 3.05) is 0 Å². The molecular weight excluding hydrogens is 514 g/mol. The number of rotatable bonds is 26. The van der Waals surface area contributed by atoms with Crippen molar-refractivity contribution in [2.45, 2.75) is 182 Å². The van der Waals surface area contributed by atoms with Crippen LogP contribution in [-0.4, -0.2) is 11.9 Å². The molecule has 0 saturated heterocycles. The van der Waals surface area contributed by atoms with Crippen molar-refractivity contribution in [3.8, 4) is 0 Å². The Hall–Kier alpha value is -0.437. The number of carboxylic acids is 2. The first-order valence-electron chi connectivity index (χ1n) is 15.6. The van der Waals surface area contributed by atoms with Crippen LogP contribution in [0.5, 0.6) is 0 Å². The molecule has 0 aromatic heterocycles. The van der Waals surface area contributed by atoms with E-state index in [1.54, 1.807) is 0 Å². The van der Waals surface area contributed by atoms with Crippen LogP contribution < -0.4 is 10.2 Å². The molecule has 0 bridgehead atoms. The fourth-order valence-electron chi connectivity index (χ4n) is 4.47. The van der Waals surface area contributed by atoms with E-state index in [4.69, 9.17) is 0 Å². The van der Waals surface area contributed by atoms with Gasteiger partial charge in [0.25, 0.3) is 0 Å². The summed E-state index contributed by atoms with van der Waals surface area (Å²) < 4.78 is 0. The largest absolute Gasteiger partial charge is 2.00 e. The maximum absolute atomic E-state index is 10.2. The monoisotopic (exact) mass is 574 g/mol. The van der Waals surface area contributed by atoms with Crippen LogP contribution in [0.25, 0.3) is 0 Å². The Morgan fingerprint density at radius 2 is 0.595 bits per heavy atom. The summed E-state index contributed by atoms with van der Waals surface area (Å²) in [6.07, 6.45) is 28.2. The van der Waals surface area contributed by atoms with Crippen molar-refractivity contribution in [1.82, 2.24) is 0 Å². The maximum atomic E-state index is 10.2. The molecule has 0 spiro atoms. The zero-order valence-electron chi connectivity index (χ0n) is 25.5. The van der Waals surface area contributed by atoms with Gasteiger partial charge in [0.05, 0.1) is 0 Å². The minimum Gasteiger partial charge on any atom is -0.550 e. The predicted octanol–water partition coefficient (Wildman–Crippen LogP) is 8.14. The first kappa shape index (κ1) is 41.1. The molecular formula is C32H62O4Zn.